The Morgan fingerprint density at radius 2 is 1.87 bits per heavy atom. The lowest BCUT2D eigenvalue weighted by molar-refractivity contribution is 0.0933. The zero-order valence-corrected chi connectivity index (χ0v) is 17.4. The molecule has 3 atom stereocenters. The van der Waals surface area contributed by atoms with Crippen molar-refractivity contribution in [3.8, 4) is 17.1 Å². The van der Waals surface area contributed by atoms with Crippen LogP contribution >= 0.6 is 0 Å². The summed E-state index contributed by atoms with van der Waals surface area (Å²) in [5.41, 5.74) is 1.44. The fraction of sp³-hybridized carbons (Fsp3) is 0.375. The van der Waals surface area contributed by atoms with Crippen LogP contribution in [0.3, 0.4) is 0 Å². The zero-order valence-electron chi connectivity index (χ0n) is 17.4. The molecule has 160 valence electrons. The van der Waals surface area contributed by atoms with Crippen LogP contribution in [0.4, 0.5) is 4.39 Å². The van der Waals surface area contributed by atoms with Crippen molar-refractivity contribution in [3.05, 3.63) is 54.0 Å². The minimum atomic E-state index is -0.397. The largest absolute Gasteiger partial charge is 0.494 e. The summed E-state index contributed by atoms with van der Waals surface area (Å²) in [6, 6.07) is 11.8. The highest BCUT2D eigenvalue weighted by molar-refractivity contribution is 6.05. The third-order valence-electron chi connectivity index (χ3n) is 6.29. The van der Waals surface area contributed by atoms with Crippen LogP contribution in [0.1, 0.15) is 30.3 Å². The molecule has 2 aliphatic rings. The number of fused-ring (bicyclic) bond motifs is 2. The number of benzene rings is 2. The van der Waals surface area contributed by atoms with Gasteiger partial charge in [-0.15, -0.1) is 0 Å². The molecule has 0 spiro atoms. The Balaban J connectivity index is 1.48. The lowest BCUT2D eigenvalue weighted by atomic mass is 10.0. The van der Waals surface area contributed by atoms with Crippen LogP contribution in [-0.4, -0.2) is 41.6 Å². The lowest BCUT2D eigenvalue weighted by Crippen LogP contribution is -2.35. The van der Waals surface area contributed by atoms with E-state index in [-0.39, 0.29) is 17.6 Å². The highest BCUT2D eigenvalue weighted by atomic mass is 19.1. The van der Waals surface area contributed by atoms with Gasteiger partial charge in [0.2, 0.25) is 0 Å². The summed E-state index contributed by atoms with van der Waals surface area (Å²) in [4.78, 5) is 22.3. The van der Waals surface area contributed by atoms with Gasteiger partial charge < -0.3 is 15.4 Å². The van der Waals surface area contributed by atoms with Gasteiger partial charge in [-0.1, -0.05) is 0 Å². The van der Waals surface area contributed by atoms with Gasteiger partial charge in [0.1, 0.15) is 17.3 Å². The Hall–Kier alpha value is -3.06. The van der Waals surface area contributed by atoms with Crippen LogP contribution in [0, 0.1) is 17.7 Å². The number of aromatic nitrogens is 2. The molecule has 3 aromatic rings. The molecule has 0 radical (unpaired) electrons. The molecule has 5 rings (SSSR count). The first-order valence-corrected chi connectivity index (χ1v) is 10.8. The molecule has 1 unspecified atom stereocenters. The predicted molar refractivity (Wildman–Crippen MR) is 116 cm³/mol. The summed E-state index contributed by atoms with van der Waals surface area (Å²) < 4.78 is 19.4. The normalized spacial score (nSPS) is 22.5. The van der Waals surface area contributed by atoms with E-state index in [0.29, 0.717) is 35.2 Å². The van der Waals surface area contributed by atoms with Gasteiger partial charge in [0.25, 0.3) is 5.91 Å². The molecule has 2 fully saturated rings. The quantitative estimate of drug-likeness (QED) is 0.660. The second-order valence-corrected chi connectivity index (χ2v) is 8.33. The van der Waals surface area contributed by atoms with Crippen molar-refractivity contribution in [3.63, 3.8) is 0 Å². The molecule has 2 aromatic carbocycles. The summed E-state index contributed by atoms with van der Waals surface area (Å²) in [5, 5.41) is 7.13. The molecule has 1 amide bonds. The van der Waals surface area contributed by atoms with Crippen molar-refractivity contribution in [1.82, 2.24) is 20.6 Å². The number of halogens is 1. The molecule has 7 heteroatoms. The standard InChI is InChI=1S/C24H25FN4O2/c1-2-31-19-6-3-14(4-7-19)23-28-21-11-17(25)5-8-20(21)22(29-23)24(30)27-18-9-15-12-26-13-16(15)10-18/h3-8,11,15-16,18,26H,2,9-10,12-13H2,1H3,(H,27,30)/t15-,16+,18?. The highest BCUT2D eigenvalue weighted by Gasteiger charge is 2.38. The number of carbonyl (C=O) groups excluding carboxylic acids is 1. The number of carbonyl (C=O) groups is 1. The molecule has 1 aliphatic carbocycles. The SMILES string of the molecule is CCOc1ccc(-c2nc(C(=O)NC3C[C@H]4CNC[C@H]4C3)c3ccc(F)cc3n2)cc1. The van der Waals surface area contributed by atoms with Crippen molar-refractivity contribution in [1.29, 1.82) is 0 Å². The molecule has 6 nitrogen and oxygen atoms in total. The van der Waals surface area contributed by atoms with Crippen molar-refractivity contribution in [2.45, 2.75) is 25.8 Å². The Morgan fingerprint density at radius 3 is 2.58 bits per heavy atom. The molecule has 1 saturated carbocycles. The minimum absolute atomic E-state index is 0.143. The number of nitrogens with one attached hydrogen (secondary N) is 2. The number of amides is 1. The van der Waals surface area contributed by atoms with E-state index in [4.69, 9.17) is 4.74 Å². The average molecular weight is 420 g/mol. The molecule has 1 aliphatic heterocycles. The number of hydrogen-bond donors (Lipinski definition) is 2. The molecule has 2 heterocycles. The molecular weight excluding hydrogens is 395 g/mol. The number of ether oxygens (including phenoxy) is 1. The third kappa shape index (κ3) is 3.97. The van der Waals surface area contributed by atoms with Crippen molar-refractivity contribution < 1.29 is 13.9 Å². The van der Waals surface area contributed by atoms with Crippen molar-refractivity contribution >= 4 is 16.8 Å². The summed E-state index contributed by atoms with van der Waals surface area (Å²) in [6.45, 7) is 4.55. The summed E-state index contributed by atoms with van der Waals surface area (Å²) >= 11 is 0. The van der Waals surface area contributed by atoms with E-state index in [1.54, 1.807) is 6.07 Å². The van der Waals surface area contributed by atoms with Gasteiger partial charge in [0.05, 0.1) is 12.1 Å². The third-order valence-corrected chi connectivity index (χ3v) is 6.29. The van der Waals surface area contributed by atoms with Gasteiger partial charge in [-0.05, 0) is 81.1 Å². The number of rotatable bonds is 5. The summed E-state index contributed by atoms with van der Waals surface area (Å²) in [5.74, 6) is 1.76. The maximum absolute atomic E-state index is 13.9. The first-order valence-electron chi connectivity index (χ1n) is 10.8. The van der Waals surface area contributed by atoms with Crippen molar-refractivity contribution in [2.24, 2.45) is 11.8 Å². The number of hydrogen-bond acceptors (Lipinski definition) is 5. The van der Waals surface area contributed by atoms with Gasteiger partial charge in [-0.3, -0.25) is 4.79 Å². The Morgan fingerprint density at radius 1 is 1.13 bits per heavy atom. The monoisotopic (exact) mass is 420 g/mol. The Labute approximate surface area is 180 Å². The first-order chi connectivity index (χ1) is 15.1. The van der Waals surface area contributed by atoms with Crippen LogP contribution in [0.25, 0.3) is 22.3 Å². The Kier molecular flexibility index (Phi) is 5.28. The molecule has 2 N–H and O–H groups in total. The van der Waals surface area contributed by atoms with Gasteiger partial charge in [-0.2, -0.15) is 0 Å². The zero-order chi connectivity index (χ0) is 21.4. The summed E-state index contributed by atoms with van der Waals surface area (Å²) in [6.07, 6.45) is 1.96. The van der Waals surface area contributed by atoms with E-state index in [1.165, 1.54) is 12.1 Å². The van der Waals surface area contributed by atoms with Crippen molar-refractivity contribution in [2.75, 3.05) is 19.7 Å². The molecule has 31 heavy (non-hydrogen) atoms. The fourth-order valence-electron chi connectivity index (χ4n) is 4.81. The maximum atomic E-state index is 13.9. The molecule has 0 bridgehead atoms. The minimum Gasteiger partial charge on any atom is -0.494 e. The average Bonchev–Trinajstić information content (AvgIpc) is 3.35. The van der Waals surface area contributed by atoms with Crippen LogP contribution in [0.15, 0.2) is 42.5 Å². The second kappa shape index (κ2) is 8.23. The van der Waals surface area contributed by atoms with Crippen LogP contribution in [0.2, 0.25) is 0 Å². The van der Waals surface area contributed by atoms with Gasteiger partial charge >= 0.3 is 0 Å². The van der Waals surface area contributed by atoms with E-state index in [1.807, 2.05) is 31.2 Å². The van der Waals surface area contributed by atoms with Crippen LogP contribution < -0.4 is 15.4 Å². The van der Waals surface area contributed by atoms with Crippen LogP contribution in [0.5, 0.6) is 5.75 Å². The van der Waals surface area contributed by atoms with Crippen LogP contribution in [-0.2, 0) is 0 Å². The van der Waals surface area contributed by atoms with Gasteiger partial charge in [-0.25, -0.2) is 14.4 Å². The number of nitrogens with zero attached hydrogens (tertiary/aromatic N) is 2. The van der Waals surface area contributed by atoms with E-state index in [2.05, 4.69) is 20.6 Å². The summed E-state index contributed by atoms with van der Waals surface area (Å²) in [7, 11) is 0. The molecule has 1 saturated heterocycles. The smallest absolute Gasteiger partial charge is 0.270 e. The topological polar surface area (TPSA) is 76.1 Å². The molecular formula is C24H25FN4O2. The van der Waals surface area contributed by atoms with E-state index >= 15 is 0 Å². The maximum Gasteiger partial charge on any atom is 0.270 e. The highest BCUT2D eigenvalue weighted by Crippen LogP contribution is 2.34. The predicted octanol–water partition coefficient (Wildman–Crippen LogP) is 3.56. The van der Waals surface area contributed by atoms with Gasteiger partial charge in [0, 0.05) is 23.1 Å². The van der Waals surface area contributed by atoms with E-state index in [0.717, 1.165) is 37.2 Å². The first kappa shape index (κ1) is 19.9. The lowest BCUT2D eigenvalue weighted by Gasteiger charge is -2.15. The fourth-order valence-corrected chi connectivity index (χ4v) is 4.81. The van der Waals surface area contributed by atoms with E-state index in [9.17, 15) is 9.18 Å². The molecule has 1 aromatic heterocycles. The Bertz CT molecular complexity index is 1110. The van der Waals surface area contributed by atoms with Gasteiger partial charge in [0.15, 0.2) is 5.82 Å². The second-order valence-electron chi connectivity index (χ2n) is 8.33. The van der Waals surface area contributed by atoms with E-state index < -0.39 is 5.82 Å².